The molecular formula is C18H23N7O3. The third kappa shape index (κ3) is 4.16. The minimum absolute atomic E-state index is 0.123. The molecule has 0 radical (unpaired) electrons. The highest BCUT2D eigenvalue weighted by atomic mass is 16.5. The lowest BCUT2D eigenvalue weighted by Gasteiger charge is -2.31. The van der Waals surface area contributed by atoms with E-state index in [1.807, 2.05) is 4.90 Å². The van der Waals surface area contributed by atoms with Crippen molar-refractivity contribution in [2.75, 3.05) is 26.2 Å². The summed E-state index contributed by atoms with van der Waals surface area (Å²) in [6.07, 6.45) is 5.87. The molecule has 0 aromatic carbocycles. The number of carbonyl (C=O) groups is 2. The Morgan fingerprint density at radius 3 is 2.68 bits per heavy atom. The normalized spacial score (nSPS) is 22.2. The molecule has 2 fully saturated rings. The first-order valence-electron chi connectivity index (χ1n) is 9.58. The third-order valence-electron chi connectivity index (χ3n) is 5.14. The van der Waals surface area contributed by atoms with Gasteiger partial charge in [0.1, 0.15) is 0 Å². The van der Waals surface area contributed by atoms with Gasteiger partial charge < -0.3 is 20.1 Å². The molecule has 28 heavy (non-hydrogen) atoms. The van der Waals surface area contributed by atoms with Crippen LogP contribution < -0.4 is 10.6 Å². The van der Waals surface area contributed by atoms with Crippen LogP contribution in [0.15, 0.2) is 23.0 Å². The van der Waals surface area contributed by atoms with Gasteiger partial charge in [-0.25, -0.2) is 9.97 Å². The standard InChI is InChI=1S/C18H23N7O3/c26-17(12-8-13(10-19-9-12)18(27)25-6-1-2-7-25)22-11-14-23-16(24-28-14)15-20-4-3-5-21-15/h3-5,12-13,19H,1-2,6-11H2,(H,22,26)/t12-,13+/m1/s1. The monoisotopic (exact) mass is 385 g/mol. The van der Waals surface area contributed by atoms with Gasteiger partial charge in [-0.2, -0.15) is 4.98 Å². The van der Waals surface area contributed by atoms with Gasteiger partial charge in [-0.3, -0.25) is 9.59 Å². The number of piperidine rings is 1. The highest BCUT2D eigenvalue weighted by Gasteiger charge is 2.34. The lowest BCUT2D eigenvalue weighted by Crippen LogP contribution is -2.48. The van der Waals surface area contributed by atoms with Crippen molar-refractivity contribution in [3.8, 4) is 11.6 Å². The molecule has 2 amide bonds. The molecule has 2 saturated heterocycles. The van der Waals surface area contributed by atoms with E-state index < -0.39 is 0 Å². The maximum absolute atomic E-state index is 12.6. The predicted octanol–water partition coefficient (Wildman–Crippen LogP) is -0.00910. The van der Waals surface area contributed by atoms with Crippen molar-refractivity contribution in [2.45, 2.75) is 25.8 Å². The Kier molecular flexibility index (Phi) is 5.56. The predicted molar refractivity (Wildman–Crippen MR) is 97.5 cm³/mol. The third-order valence-corrected chi connectivity index (χ3v) is 5.14. The molecule has 148 valence electrons. The zero-order valence-electron chi connectivity index (χ0n) is 15.5. The molecule has 0 aliphatic carbocycles. The van der Waals surface area contributed by atoms with Crippen LogP contribution in [0.25, 0.3) is 11.6 Å². The molecule has 0 unspecified atom stereocenters. The second kappa shape index (κ2) is 8.42. The van der Waals surface area contributed by atoms with Gasteiger partial charge in [0, 0.05) is 38.6 Å². The Hall–Kier alpha value is -2.88. The fourth-order valence-electron chi connectivity index (χ4n) is 3.66. The Morgan fingerprint density at radius 2 is 1.89 bits per heavy atom. The molecule has 4 rings (SSSR count). The van der Waals surface area contributed by atoms with Gasteiger partial charge in [0.25, 0.3) is 0 Å². The average molecular weight is 385 g/mol. The Labute approximate surface area is 162 Å². The molecule has 2 N–H and O–H groups in total. The topological polar surface area (TPSA) is 126 Å². The van der Waals surface area contributed by atoms with E-state index >= 15 is 0 Å². The van der Waals surface area contributed by atoms with E-state index in [0.29, 0.717) is 25.3 Å². The average Bonchev–Trinajstić information content (AvgIpc) is 3.44. The number of nitrogens with zero attached hydrogens (tertiary/aromatic N) is 5. The van der Waals surface area contributed by atoms with Crippen LogP contribution in [0.3, 0.4) is 0 Å². The Bertz CT molecular complexity index is 820. The van der Waals surface area contributed by atoms with Gasteiger partial charge in [0.15, 0.2) is 0 Å². The van der Waals surface area contributed by atoms with E-state index in [2.05, 4.69) is 30.7 Å². The Balaban J connectivity index is 1.30. The maximum Gasteiger partial charge on any atom is 0.246 e. The molecule has 2 aliphatic rings. The lowest BCUT2D eigenvalue weighted by atomic mass is 9.89. The van der Waals surface area contributed by atoms with Crippen LogP contribution in [-0.4, -0.2) is 63.0 Å². The number of rotatable bonds is 5. The van der Waals surface area contributed by atoms with E-state index in [0.717, 1.165) is 25.9 Å². The number of amides is 2. The van der Waals surface area contributed by atoms with E-state index in [4.69, 9.17) is 4.52 Å². The summed E-state index contributed by atoms with van der Waals surface area (Å²) >= 11 is 0. The van der Waals surface area contributed by atoms with Crippen molar-refractivity contribution >= 4 is 11.8 Å². The number of hydrogen-bond donors (Lipinski definition) is 2. The lowest BCUT2D eigenvalue weighted by molar-refractivity contribution is -0.136. The van der Waals surface area contributed by atoms with E-state index in [1.54, 1.807) is 18.5 Å². The fourth-order valence-corrected chi connectivity index (χ4v) is 3.66. The summed E-state index contributed by atoms with van der Waals surface area (Å²) in [5.41, 5.74) is 0. The van der Waals surface area contributed by atoms with Gasteiger partial charge in [0.2, 0.25) is 29.4 Å². The first kappa shape index (κ1) is 18.5. The maximum atomic E-state index is 12.6. The molecule has 2 aromatic heterocycles. The van der Waals surface area contributed by atoms with Gasteiger partial charge in [-0.15, -0.1) is 0 Å². The fraction of sp³-hybridized carbons (Fsp3) is 0.556. The van der Waals surface area contributed by atoms with Crippen LogP contribution in [0.1, 0.15) is 25.2 Å². The molecule has 0 bridgehead atoms. The van der Waals surface area contributed by atoms with Crippen molar-refractivity contribution in [3.63, 3.8) is 0 Å². The number of carbonyl (C=O) groups excluding carboxylic acids is 2. The van der Waals surface area contributed by atoms with Gasteiger partial charge in [0.05, 0.1) is 18.4 Å². The smallest absolute Gasteiger partial charge is 0.246 e. The molecule has 10 heteroatoms. The largest absolute Gasteiger partial charge is 0.347 e. The molecule has 10 nitrogen and oxygen atoms in total. The minimum atomic E-state index is -0.259. The molecule has 2 aliphatic heterocycles. The van der Waals surface area contributed by atoms with Crippen LogP contribution >= 0.6 is 0 Å². The molecule has 2 atom stereocenters. The van der Waals surface area contributed by atoms with E-state index in [9.17, 15) is 9.59 Å². The quantitative estimate of drug-likeness (QED) is 0.736. The van der Waals surface area contributed by atoms with Gasteiger partial charge in [-0.1, -0.05) is 5.16 Å². The first-order chi connectivity index (χ1) is 13.7. The Morgan fingerprint density at radius 1 is 1.14 bits per heavy atom. The van der Waals surface area contributed by atoms with Crippen molar-refractivity contribution in [2.24, 2.45) is 11.8 Å². The first-order valence-corrected chi connectivity index (χ1v) is 9.58. The number of nitrogens with one attached hydrogen (secondary N) is 2. The zero-order chi connectivity index (χ0) is 19.3. The summed E-state index contributed by atoms with van der Waals surface area (Å²) in [6, 6.07) is 1.70. The summed E-state index contributed by atoms with van der Waals surface area (Å²) in [6.45, 7) is 2.97. The summed E-state index contributed by atoms with van der Waals surface area (Å²) in [7, 11) is 0. The summed E-state index contributed by atoms with van der Waals surface area (Å²) in [5, 5.41) is 9.87. The highest BCUT2D eigenvalue weighted by molar-refractivity contribution is 5.83. The van der Waals surface area contributed by atoms with E-state index in [-0.39, 0.29) is 41.9 Å². The van der Waals surface area contributed by atoms with Crippen LogP contribution in [0.4, 0.5) is 0 Å². The molecular weight excluding hydrogens is 362 g/mol. The molecule has 4 heterocycles. The summed E-state index contributed by atoms with van der Waals surface area (Å²) in [4.78, 5) is 39.4. The molecule has 2 aromatic rings. The van der Waals surface area contributed by atoms with Gasteiger partial charge in [-0.05, 0) is 25.3 Å². The summed E-state index contributed by atoms with van der Waals surface area (Å²) in [5.74, 6) is 0.556. The zero-order valence-corrected chi connectivity index (χ0v) is 15.5. The van der Waals surface area contributed by atoms with Gasteiger partial charge >= 0.3 is 0 Å². The minimum Gasteiger partial charge on any atom is -0.347 e. The van der Waals surface area contributed by atoms with Crippen molar-refractivity contribution in [3.05, 3.63) is 24.4 Å². The second-order valence-corrected chi connectivity index (χ2v) is 7.12. The number of aromatic nitrogens is 4. The van der Waals surface area contributed by atoms with Crippen LogP contribution in [0, 0.1) is 11.8 Å². The van der Waals surface area contributed by atoms with Crippen molar-refractivity contribution < 1.29 is 14.1 Å². The van der Waals surface area contributed by atoms with Crippen molar-refractivity contribution in [1.29, 1.82) is 0 Å². The molecule has 0 saturated carbocycles. The summed E-state index contributed by atoms with van der Waals surface area (Å²) < 4.78 is 5.15. The number of hydrogen-bond acceptors (Lipinski definition) is 8. The highest BCUT2D eigenvalue weighted by Crippen LogP contribution is 2.21. The molecule has 0 spiro atoms. The second-order valence-electron chi connectivity index (χ2n) is 7.12. The van der Waals surface area contributed by atoms with Crippen LogP contribution in [0.5, 0.6) is 0 Å². The van der Waals surface area contributed by atoms with Crippen LogP contribution in [0.2, 0.25) is 0 Å². The van der Waals surface area contributed by atoms with Crippen LogP contribution in [-0.2, 0) is 16.1 Å². The van der Waals surface area contributed by atoms with E-state index in [1.165, 1.54) is 0 Å². The SMILES string of the molecule is O=C(NCc1nc(-c2ncccn2)no1)[C@H]1CNC[C@@H](C(=O)N2CCCC2)C1. The number of likely N-dealkylation sites (tertiary alicyclic amines) is 1. The van der Waals surface area contributed by atoms with Crippen molar-refractivity contribution in [1.82, 2.24) is 35.6 Å².